The molecule has 0 radical (unpaired) electrons. The van der Waals surface area contributed by atoms with E-state index in [9.17, 15) is 0 Å². The first-order valence-electron chi connectivity index (χ1n) is 20.0. The van der Waals surface area contributed by atoms with Gasteiger partial charge in [-0.3, -0.25) is 0 Å². The van der Waals surface area contributed by atoms with Gasteiger partial charge in [0.1, 0.15) is 0 Å². The predicted molar refractivity (Wildman–Crippen MR) is 370 cm³/mol. The molecule has 0 aliphatic rings. The molecule has 14 aromatic rings. The molecular formula is C48H20Br4I4S12. The van der Waals surface area contributed by atoms with E-state index in [1.807, 2.05) is 136 Å². The number of aryl methyl sites for hydroxylation is 4. The number of thiophene rings is 12. The van der Waals surface area contributed by atoms with Crippen LogP contribution in [0.4, 0.5) is 0 Å². The topological polar surface area (TPSA) is 0 Å². The van der Waals surface area contributed by atoms with Gasteiger partial charge < -0.3 is 0 Å². The number of hydrogen-bond acceptors (Lipinski definition) is 12. The number of rotatable bonds is 4. The highest BCUT2D eigenvalue weighted by Gasteiger charge is 2.26. The van der Waals surface area contributed by atoms with Gasteiger partial charge in [-0.1, -0.05) is 0 Å². The molecule has 0 amide bonds. The molecule has 0 spiro atoms. The molecule has 14 rings (SSSR count). The third kappa shape index (κ3) is 8.04. The van der Waals surface area contributed by atoms with Crippen molar-refractivity contribution in [2.75, 3.05) is 0 Å². The van der Waals surface area contributed by atoms with Gasteiger partial charge in [-0.05, 0) is 230 Å². The molecule has 0 atom stereocenters. The molecule has 0 fully saturated rings. The fraction of sp³-hybridized carbons (Fsp3) is 0.0833. The van der Waals surface area contributed by atoms with Crippen LogP contribution in [-0.2, 0) is 0 Å². The largest absolute Gasteiger partial charge is 0.139 e. The summed E-state index contributed by atoms with van der Waals surface area (Å²) in [6, 6.07) is 18.8. The second-order valence-corrected chi connectivity index (χ2v) is 36.9. The van der Waals surface area contributed by atoms with Crippen LogP contribution in [0.25, 0.3) is 117 Å². The highest BCUT2D eigenvalue weighted by molar-refractivity contribution is 14.1. The van der Waals surface area contributed by atoms with E-state index < -0.39 is 0 Å². The van der Waals surface area contributed by atoms with E-state index in [-0.39, 0.29) is 0 Å². The van der Waals surface area contributed by atoms with Crippen LogP contribution in [0.3, 0.4) is 0 Å². The van der Waals surface area contributed by atoms with Gasteiger partial charge in [0.05, 0.1) is 92.7 Å². The first-order valence-corrected chi connectivity index (χ1v) is 37.3. The van der Waals surface area contributed by atoms with E-state index in [4.69, 9.17) is 0 Å². The smallest absolute Gasteiger partial charge is 0.0617 e. The maximum Gasteiger partial charge on any atom is 0.0617 e. The summed E-state index contributed by atoms with van der Waals surface area (Å²) < 4.78 is 27.3. The zero-order chi connectivity index (χ0) is 46.9. The molecule has 340 valence electrons. The summed E-state index contributed by atoms with van der Waals surface area (Å²) in [4.78, 5) is 16.5. The van der Waals surface area contributed by atoms with Gasteiger partial charge in [0.2, 0.25) is 0 Å². The lowest BCUT2D eigenvalue weighted by Crippen LogP contribution is -1.72. The average molecular weight is 1810 g/mol. The third-order valence-corrected chi connectivity index (χ3v) is 36.7. The van der Waals surface area contributed by atoms with Gasteiger partial charge in [-0.25, -0.2) is 0 Å². The molecule has 0 unspecified atom stereocenters. The van der Waals surface area contributed by atoms with E-state index in [1.54, 1.807) is 0 Å². The van der Waals surface area contributed by atoms with Gasteiger partial charge in [0, 0.05) is 75.9 Å². The maximum absolute atomic E-state index is 3.95. The van der Waals surface area contributed by atoms with Crippen LogP contribution in [0.15, 0.2) is 66.4 Å². The molecule has 0 saturated heterocycles. The van der Waals surface area contributed by atoms with Crippen molar-refractivity contribution in [1.82, 2.24) is 0 Å². The van der Waals surface area contributed by atoms with Gasteiger partial charge >= 0.3 is 0 Å². The van der Waals surface area contributed by atoms with E-state index in [2.05, 4.69) is 230 Å². The maximum atomic E-state index is 3.95. The lowest BCUT2D eigenvalue weighted by molar-refractivity contribution is 1.62. The van der Waals surface area contributed by atoms with Crippen LogP contribution in [0.2, 0.25) is 0 Å². The Balaban J connectivity index is 0.000000134. The Hall–Kier alpha value is 1.76. The van der Waals surface area contributed by atoms with Crippen LogP contribution in [0.5, 0.6) is 0 Å². The van der Waals surface area contributed by atoms with Crippen LogP contribution < -0.4 is 0 Å². The first-order chi connectivity index (χ1) is 32.6. The summed E-state index contributed by atoms with van der Waals surface area (Å²) in [5.41, 5.74) is 0. The standard InChI is InChI=1S/C24H10Br4S6.C24H10I4S6/c2*1-7-3-11(25)19(29-7)23-15(27)21-17(33-23)9-5-14-10(6-13(9)31-21)18-22(32-14)16(28)24(34-18)20-12(26)4-8(2)30-20/h2*3-6H,1-2H3. The van der Waals surface area contributed by atoms with E-state index in [1.165, 1.54) is 169 Å². The molecule has 0 aliphatic carbocycles. The Morgan fingerprint density at radius 1 is 0.294 bits per heavy atom. The molecule has 0 bridgehead atoms. The minimum atomic E-state index is 1.18. The molecular weight excluding hydrogens is 1790 g/mol. The van der Waals surface area contributed by atoms with Crippen LogP contribution in [0.1, 0.15) is 19.5 Å². The zero-order valence-electron chi connectivity index (χ0n) is 34.5. The molecule has 0 saturated carbocycles. The summed E-state index contributed by atoms with van der Waals surface area (Å²) in [5, 5.41) is 5.60. The van der Waals surface area contributed by atoms with E-state index in [0.717, 1.165) is 0 Å². The van der Waals surface area contributed by atoms with Crippen LogP contribution in [-0.4, -0.2) is 0 Å². The number of halogens is 8. The van der Waals surface area contributed by atoms with Gasteiger partial charge in [-0.2, -0.15) is 0 Å². The predicted octanol–water partition coefficient (Wildman–Crippen LogP) is 26.7. The summed E-state index contributed by atoms with van der Waals surface area (Å²) >= 11 is 48.6. The summed E-state index contributed by atoms with van der Waals surface area (Å²) in [5.74, 6) is 0. The molecule has 0 aliphatic heterocycles. The fourth-order valence-corrected chi connectivity index (χ4v) is 33.3. The lowest BCUT2D eigenvalue weighted by Gasteiger charge is -1.97. The Labute approximate surface area is 525 Å². The van der Waals surface area contributed by atoms with Crippen molar-refractivity contribution in [2.24, 2.45) is 0 Å². The van der Waals surface area contributed by atoms with Crippen molar-refractivity contribution in [3.63, 3.8) is 0 Å². The number of hydrogen-bond donors (Lipinski definition) is 0. The molecule has 12 aromatic heterocycles. The average Bonchev–Trinajstić information content (AvgIpc) is 4.16. The zero-order valence-corrected chi connectivity index (χ0v) is 59.3. The van der Waals surface area contributed by atoms with Gasteiger partial charge in [0.25, 0.3) is 0 Å². The summed E-state index contributed by atoms with van der Waals surface area (Å²) in [6.07, 6.45) is 0. The molecule has 20 heteroatoms. The number of benzene rings is 2. The van der Waals surface area contributed by atoms with Crippen molar-refractivity contribution in [3.8, 4) is 39.0 Å². The highest BCUT2D eigenvalue weighted by Crippen LogP contribution is 2.57. The summed E-state index contributed by atoms with van der Waals surface area (Å²) in [7, 11) is 0. The Kier molecular flexibility index (Phi) is 13.6. The van der Waals surface area contributed by atoms with Crippen molar-refractivity contribution >= 4 is 368 Å². The highest BCUT2D eigenvalue weighted by atomic mass is 127. The van der Waals surface area contributed by atoms with Crippen molar-refractivity contribution in [3.05, 3.63) is 100 Å². The quantitative estimate of drug-likeness (QED) is 0.154. The van der Waals surface area contributed by atoms with Crippen LogP contribution >= 0.6 is 290 Å². The third-order valence-electron chi connectivity index (χ3n) is 11.3. The SMILES string of the molecule is Cc1cc(Br)c(-c2sc3c(sc4cc5c(cc43)sc3c(Br)c(-c4sc(C)cc4Br)sc35)c2Br)s1.Cc1cc(I)c(-c2sc3c(sc4cc5c(cc43)sc3c(I)c(-c4sc(C)cc4I)sc35)c2I)s1. The van der Waals surface area contributed by atoms with Crippen molar-refractivity contribution < 1.29 is 0 Å². The van der Waals surface area contributed by atoms with Gasteiger partial charge in [0.15, 0.2) is 0 Å². The first kappa shape index (κ1) is 49.3. The molecule has 2 aromatic carbocycles. The second-order valence-electron chi connectivity index (χ2n) is 15.8. The molecule has 0 nitrogen and oxygen atoms in total. The van der Waals surface area contributed by atoms with E-state index >= 15 is 0 Å². The second kappa shape index (κ2) is 18.7. The monoisotopic (exact) mass is 1800 g/mol. The van der Waals surface area contributed by atoms with Crippen LogP contribution in [0, 0.1) is 42.0 Å². The fourth-order valence-electron chi connectivity index (χ4n) is 8.40. The Morgan fingerprint density at radius 3 is 0.897 bits per heavy atom. The molecule has 0 N–H and O–H groups in total. The molecule has 12 heterocycles. The molecule has 68 heavy (non-hydrogen) atoms. The normalized spacial score (nSPS) is 12.4. The van der Waals surface area contributed by atoms with Crippen molar-refractivity contribution in [2.45, 2.75) is 27.7 Å². The van der Waals surface area contributed by atoms with Crippen molar-refractivity contribution in [1.29, 1.82) is 0 Å². The Bertz CT molecular complexity index is 3880. The van der Waals surface area contributed by atoms with Gasteiger partial charge in [-0.15, -0.1) is 136 Å². The minimum absolute atomic E-state index is 1.18. The summed E-state index contributed by atoms with van der Waals surface area (Å²) in [6.45, 7) is 8.75. The van der Waals surface area contributed by atoms with E-state index in [0.29, 0.717) is 0 Å². The number of fused-ring (bicyclic) bond motifs is 12. The lowest BCUT2D eigenvalue weighted by atomic mass is 10.2. The Morgan fingerprint density at radius 2 is 0.588 bits per heavy atom. The minimum Gasteiger partial charge on any atom is -0.139 e.